The van der Waals surface area contributed by atoms with E-state index in [-0.39, 0.29) is 5.97 Å². The lowest BCUT2D eigenvalue weighted by Crippen LogP contribution is -2.42. The van der Waals surface area contributed by atoms with E-state index in [4.69, 9.17) is 9.47 Å². The van der Waals surface area contributed by atoms with Gasteiger partial charge in [-0.05, 0) is 31.3 Å². The van der Waals surface area contributed by atoms with Gasteiger partial charge in [-0.3, -0.25) is 0 Å². The van der Waals surface area contributed by atoms with Gasteiger partial charge in [0.2, 0.25) is 0 Å². The number of amides is 1. The largest absolute Gasteiger partial charge is 0.464 e. The van der Waals surface area contributed by atoms with Gasteiger partial charge in [0.05, 0.1) is 13.2 Å². The van der Waals surface area contributed by atoms with Crippen molar-refractivity contribution >= 4 is 23.8 Å². The molecule has 1 amide bonds. The topological polar surface area (TPSA) is 64.6 Å². The van der Waals surface area contributed by atoms with E-state index in [9.17, 15) is 9.59 Å². The van der Waals surface area contributed by atoms with Gasteiger partial charge in [-0.15, -0.1) is 0 Å². The number of carbonyl (C=O) groups excluding carboxylic acids is 2. The van der Waals surface area contributed by atoms with Gasteiger partial charge in [0.25, 0.3) is 0 Å². The second kappa shape index (κ2) is 23.7. The molecule has 0 aromatic carbocycles. The molecule has 0 saturated heterocycles. The lowest BCUT2D eigenvalue weighted by Gasteiger charge is -2.17. The minimum Gasteiger partial charge on any atom is -0.464 e. The number of unbranched alkanes of at least 4 members (excludes halogenated alkanes) is 13. The Labute approximate surface area is 196 Å². The molecule has 5 nitrogen and oxygen atoms in total. The molecule has 0 aliphatic carbocycles. The highest BCUT2D eigenvalue weighted by Gasteiger charge is 2.22. The number of esters is 1. The van der Waals surface area contributed by atoms with Crippen LogP contribution in [-0.4, -0.2) is 43.3 Å². The van der Waals surface area contributed by atoms with Crippen molar-refractivity contribution in [1.29, 1.82) is 0 Å². The predicted molar refractivity (Wildman–Crippen MR) is 133 cm³/mol. The van der Waals surface area contributed by atoms with Gasteiger partial charge >= 0.3 is 12.1 Å². The minimum absolute atomic E-state index is 0.350. The Morgan fingerprint density at radius 3 is 1.71 bits per heavy atom. The van der Waals surface area contributed by atoms with E-state index in [0.717, 1.165) is 25.0 Å². The van der Waals surface area contributed by atoms with E-state index >= 15 is 0 Å². The Morgan fingerprint density at radius 1 is 0.710 bits per heavy atom. The van der Waals surface area contributed by atoms with Crippen LogP contribution in [0.4, 0.5) is 4.79 Å². The van der Waals surface area contributed by atoms with Crippen molar-refractivity contribution in [3.8, 4) is 0 Å². The molecule has 6 heteroatoms. The second-order valence-electron chi connectivity index (χ2n) is 8.38. The maximum absolute atomic E-state index is 12.3. The van der Waals surface area contributed by atoms with Crippen molar-refractivity contribution in [2.24, 2.45) is 0 Å². The van der Waals surface area contributed by atoms with Gasteiger partial charge in [0.1, 0.15) is 6.04 Å². The average molecular weight is 460 g/mol. The SMILES string of the molecule is CCCCCCCCCCCCCCCCOC(=O)C(CCSC)NC(=O)OCCC. The highest BCUT2D eigenvalue weighted by atomic mass is 32.2. The first-order valence-electron chi connectivity index (χ1n) is 12.7. The standard InChI is InChI=1S/C25H49NO4S/c1-4-6-7-8-9-10-11-12-13-14-15-16-17-18-21-29-24(27)23(19-22-31-3)26-25(28)30-20-5-2/h23H,4-22H2,1-3H3,(H,26,28). The number of thioether (sulfide) groups is 1. The molecule has 31 heavy (non-hydrogen) atoms. The molecule has 1 unspecified atom stereocenters. The molecular formula is C25H49NO4S. The lowest BCUT2D eigenvalue weighted by molar-refractivity contribution is -0.146. The third-order valence-electron chi connectivity index (χ3n) is 5.37. The molecule has 1 atom stereocenters. The number of ether oxygens (including phenoxy) is 2. The molecular weight excluding hydrogens is 410 g/mol. The fourth-order valence-electron chi connectivity index (χ4n) is 3.43. The number of carbonyl (C=O) groups is 2. The average Bonchev–Trinajstić information content (AvgIpc) is 2.77. The summed E-state index contributed by atoms with van der Waals surface area (Å²) in [5.74, 6) is 0.435. The third-order valence-corrected chi connectivity index (χ3v) is 6.01. The zero-order valence-corrected chi connectivity index (χ0v) is 21.4. The molecule has 0 aliphatic heterocycles. The van der Waals surface area contributed by atoms with Gasteiger partial charge in [-0.25, -0.2) is 9.59 Å². The number of alkyl carbamates (subject to hydrolysis) is 1. The summed E-state index contributed by atoms with van der Waals surface area (Å²) < 4.78 is 10.4. The van der Waals surface area contributed by atoms with Gasteiger partial charge in [-0.1, -0.05) is 97.3 Å². The molecule has 0 aromatic heterocycles. The maximum atomic E-state index is 12.3. The molecule has 0 radical (unpaired) electrons. The number of hydrogen-bond donors (Lipinski definition) is 1. The summed E-state index contributed by atoms with van der Waals surface area (Å²) in [4.78, 5) is 24.0. The second-order valence-corrected chi connectivity index (χ2v) is 9.36. The minimum atomic E-state index is -0.622. The Kier molecular flexibility index (Phi) is 23.0. The van der Waals surface area contributed by atoms with Crippen molar-refractivity contribution in [3.05, 3.63) is 0 Å². The molecule has 184 valence electrons. The van der Waals surface area contributed by atoms with Crippen molar-refractivity contribution in [2.45, 2.75) is 123 Å². The smallest absolute Gasteiger partial charge is 0.407 e. The summed E-state index contributed by atoms with van der Waals surface area (Å²) in [7, 11) is 0. The van der Waals surface area contributed by atoms with Crippen LogP contribution in [-0.2, 0) is 14.3 Å². The first-order valence-corrected chi connectivity index (χ1v) is 14.1. The summed E-state index contributed by atoms with van der Waals surface area (Å²) in [6.45, 7) is 4.99. The fourth-order valence-corrected chi connectivity index (χ4v) is 3.90. The number of nitrogens with one attached hydrogen (secondary N) is 1. The van der Waals surface area contributed by atoms with Gasteiger partial charge in [-0.2, -0.15) is 11.8 Å². The van der Waals surface area contributed by atoms with Crippen molar-refractivity contribution in [2.75, 3.05) is 25.2 Å². The monoisotopic (exact) mass is 459 g/mol. The quantitative estimate of drug-likeness (QED) is 0.136. The van der Waals surface area contributed by atoms with E-state index in [1.165, 1.54) is 77.0 Å². The summed E-state index contributed by atoms with van der Waals surface area (Å²) in [5, 5.41) is 2.64. The van der Waals surface area contributed by atoms with E-state index in [0.29, 0.717) is 19.6 Å². The Hall–Kier alpha value is -0.910. The molecule has 0 bridgehead atoms. The number of rotatable bonds is 22. The first-order chi connectivity index (χ1) is 15.2. The van der Waals surface area contributed by atoms with Gasteiger partial charge < -0.3 is 14.8 Å². The van der Waals surface area contributed by atoms with Crippen LogP contribution in [0.15, 0.2) is 0 Å². The summed E-state index contributed by atoms with van der Waals surface area (Å²) in [6.07, 6.45) is 21.0. The molecule has 0 saturated carbocycles. The molecule has 0 aliphatic rings. The van der Waals surface area contributed by atoms with Crippen LogP contribution < -0.4 is 5.32 Å². The van der Waals surface area contributed by atoms with Crippen LogP contribution in [0, 0.1) is 0 Å². The van der Waals surface area contributed by atoms with E-state index in [1.807, 2.05) is 13.2 Å². The van der Waals surface area contributed by atoms with Crippen molar-refractivity contribution < 1.29 is 19.1 Å². The van der Waals surface area contributed by atoms with Crippen molar-refractivity contribution in [1.82, 2.24) is 5.32 Å². The fraction of sp³-hybridized carbons (Fsp3) is 0.920. The maximum Gasteiger partial charge on any atom is 0.407 e. The van der Waals surface area contributed by atoms with Gasteiger partial charge in [0.15, 0.2) is 0 Å². The highest BCUT2D eigenvalue weighted by Crippen LogP contribution is 2.13. The first kappa shape index (κ1) is 30.1. The molecule has 1 N–H and O–H groups in total. The molecule has 0 aromatic rings. The van der Waals surface area contributed by atoms with Gasteiger partial charge in [0, 0.05) is 0 Å². The van der Waals surface area contributed by atoms with Crippen LogP contribution in [0.1, 0.15) is 117 Å². The summed E-state index contributed by atoms with van der Waals surface area (Å²) in [6, 6.07) is -0.622. The molecule has 0 rings (SSSR count). The van der Waals surface area contributed by atoms with E-state index in [1.54, 1.807) is 11.8 Å². The Morgan fingerprint density at radius 2 is 1.23 bits per heavy atom. The van der Waals surface area contributed by atoms with Crippen molar-refractivity contribution in [3.63, 3.8) is 0 Å². The third kappa shape index (κ3) is 20.7. The Bertz CT molecular complexity index is 420. The summed E-state index contributed by atoms with van der Waals surface area (Å²) >= 11 is 1.64. The van der Waals surface area contributed by atoms with E-state index < -0.39 is 12.1 Å². The van der Waals surface area contributed by atoms with Crippen LogP contribution in [0.25, 0.3) is 0 Å². The summed E-state index contributed by atoms with van der Waals surface area (Å²) in [5.41, 5.74) is 0. The lowest BCUT2D eigenvalue weighted by atomic mass is 10.0. The van der Waals surface area contributed by atoms with Crippen LogP contribution in [0.3, 0.4) is 0 Å². The highest BCUT2D eigenvalue weighted by molar-refractivity contribution is 7.98. The zero-order valence-electron chi connectivity index (χ0n) is 20.6. The molecule has 0 spiro atoms. The van der Waals surface area contributed by atoms with E-state index in [2.05, 4.69) is 12.2 Å². The molecule has 0 heterocycles. The Balaban J connectivity index is 3.64. The predicted octanol–water partition coefficient (Wildman–Crippen LogP) is 7.27. The zero-order chi connectivity index (χ0) is 23.0. The van der Waals surface area contributed by atoms with Crippen LogP contribution in [0.2, 0.25) is 0 Å². The normalized spacial score (nSPS) is 11.8. The molecule has 0 fully saturated rings. The van der Waals surface area contributed by atoms with Crippen LogP contribution in [0.5, 0.6) is 0 Å². The number of hydrogen-bond acceptors (Lipinski definition) is 5. The van der Waals surface area contributed by atoms with Crippen LogP contribution >= 0.6 is 11.8 Å².